The molecule has 0 amide bonds. The molecular weight excluding hydrogens is 352 g/mol. The van der Waals surface area contributed by atoms with Crippen LogP contribution in [-0.2, 0) is 14.8 Å². The van der Waals surface area contributed by atoms with Gasteiger partial charge in [-0.1, -0.05) is 31.9 Å². The van der Waals surface area contributed by atoms with Crippen molar-refractivity contribution in [3.63, 3.8) is 0 Å². The number of hydrogen-bond acceptors (Lipinski definition) is 3. The zero-order valence-electron chi connectivity index (χ0n) is 9.75. The first-order valence-electron chi connectivity index (χ1n) is 5.31. The van der Waals surface area contributed by atoms with E-state index in [-0.39, 0.29) is 0 Å². The van der Waals surface area contributed by atoms with E-state index in [1.807, 2.05) is 18.2 Å². The van der Waals surface area contributed by atoms with E-state index in [1.165, 1.54) is 0 Å². The van der Waals surface area contributed by atoms with Gasteiger partial charge in [-0.15, -0.1) is 0 Å². The largest absolute Gasteiger partial charge is 0.491 e. The van der Waals surface area contributed by atoms with Crippen LogP contribution in [0.4, 0.5) is 0 Å². The third-order valence-corrected chi connectivity index (χ3v) is 3.18. The lowest BCUT2D eigenvalue weighted by Gasteiger charge is -2.10. The number of rotatable bonds is 8. The second kappa shape index (κ2) is 8.91. The highest BCUT2D eigenvalue weighted by Gasteiger charge is 2.03. The molecule has 0 unspecified atom stereocenters. The molecule has 5 heteroatoms. The Labute approximate surface area is 119 Å². The molecule has 1 aromatic rings. The highest BCUT2D eigenvalue weighted by atomic mass is 79.9. The summed E-state index contributed by atoms with van der Waals surface area (Å²) in [5, 5.41) is 0.770. The van der Waals surface area contributed by atoms with E-state index >= 15 is 0 Å². The van der Waals surface area contributed by atoms with E-state index in [4.69, 9.17) is 14.2 Å². The molecule has 0 aliphatic heterocycles. The molecule has 0 aliphatic carbocycles. The van der Waals surface area contributed by atoms with Crippen LogP contribution in [0.15, 0.2) is 22.7 Å². The van der Waals surface area contributed by atoms with Gasteiger partial charge in [0.25, 0.3) is 0 Å². The maximum Gasteiger partial charge on any atom is 0.123 e. The molecule has 96 valence electrons. The second-order valence-corrected chi connectivity index (χ2v) is 4.82. The average Bonchev–Trinajstić information content (AvgIpc) is 2.35. The first-order chi connectivity index (χ1) is 8.27. The lowest BCUT2D eigenvalue weighted by molar-refractivity contribution is 0.0543. The molecule has 0 heterocycles. The van der Waals surface area contributed by atoms with Crippen molar-refractivity contribution in [1.82, 2.24) is 0 Å². The van der Waals surface area contributed by atoms with Crippen molar-refractivity contribution in [2.75, 3.05) is 33.5 Å². The van der Waals surface area contributed by atoms with Gasteiger partial charge in [0.1, 0.15) is 12.4 Å². The number of halogens is 2. The van der Waals surface area contributed by atoms with Crippen LogP contribution in [0.25, 0.3) is 0 Å². The lowest BCUT2D eigenvalue weighted by Crippen LogP contribution is -2.10. The van der Waals surface area contributed by atoms with Gasteiger partial charge in [0.05, 0.1) is 19.8 Å². The van der Waals surface area contributed by atoms with Crippen LogP contribution >= 0.6 is 31.9 Å². The Balaban J connectivity index is 2.31. The quantitative estimate of drug-likeness (QED) is 0.520. The van der Waals surface area contributed by atoms with Gasteiger partial charge in [-0.25, -0.2) is 0 Å². The minimum atomic E-state index is 0.547. The standard InChI is InChI=1S/C12H16Br2O3/c1-15-4-5-16-6-7-17-12-3-2-11(14)8-10(12)9-13/h2-3,8H,4-7,9H2,1H3. The Morgan fingerprint density at radius 1 is 1.12 bits per heavy atom. The van der Waals surface area contributed by atoms with Crippen molar-refractivity contribution in [2.24, 2.45) is 0 Å². The summed E-state index contributed by atoms with van der Waals surface area (Å²) in [5.41, 5.74) is 1.12. The van der Waals surface area contributed by atoms with Gasteiger partial charge >= 0.3 is 0 Å². The Bertz CT molecular complexity index is 332. The molecule has 0 radical (unpaired) electrons. The first-order valence-corrected chi connectivity index (χ1v) is 7.23. The summed E-state index contributed by atoms with van der Waals surface area (Å²) in [6.07, 6.45) is 0. The Morgan fingerprint density at radius 2 is 1.88 bits per heavy atom. The van der Waals surface area contributed by atoms with Gasteiger partial charge in [-0.3, -0.25) is 0 Å². The molecule has 3 nitrogen and oxygen atoms in total. The SMILES string of the molecule is COCCOCCOc1ccc(Br)cc1CBr. The van der Waals surface area contributed by atoms with E-state index in [0.717, 1.165) is 21.1 Å². The fourth-order valence-electron chi connectivity index (χ4n) is 1.25. The van der Waals surface area contributed by atoms with E-state index in [9.17, 15) is 0 Å². The number of benzene rings is 1. The maximum absolute atomic E-state index is 5.65. The molecule has 0 saturated heterocycles. The van der Waals surface area contributed by atoms with Gasteiger partial charge in [-0.05, 0) is 18.2 Å². The Kier molecular flexibility index (Phi) is 7.84. The zero-order valence-corrected chi connectivity index (χ0v) is 12.9. The van der Waals surface area contributed by atoms with Gasteiger partial charge in [-0.2, -0.15) is 0 Å². The second-order valence-electron chi connectivity index (χ2n) is 3.34. The molecule has 0 bridgehead atoms. The van der Waals surface area contributed by atoms with Crippen molar-refractivity contribution in [1.29, 1.82) is 0 Å². The molecule has 0 aliphatic rings. The Morgan fingerprint density at radius 3 is 2.59 bits per heavy atom. The van der Waals surface area contributed by atoms with E-state index in [0.29, 0.717) is 26.4 Å². The number of methoxy groups -OCH3 is 1. The van der Waals surface area contributed by atoms with Crippen LogP contribution in [0.3, 0.4) is 0 Å². The van der Waals surface area contributed by atoms with Gasteiger partial charge in [0, 0.05) is 22.5 Å². The predicted molar refractivity (Wildman–Crippen MR) is 75.0 cm³/mol. The summed E-state index contributed by atoms with van der Waals surface area (Å²) in [5.74, 6) is 0.889. The fourth-order valence-corrected chi connectivity index (χ4v) is 2.09. The molecule has 1 rings (SSSR count). The molecule has 17 heavy (non-hydrogen) atoms. The van der Waals surface area contributed by atoms with Gasteiger partial charge < -0.3 is 14.2 Å². The number of ether oxygens (including phenoxy) is 3. The predicted octanol–water partition coefficient (Wildman–Crippen LogP) is 3.39. The fraction of sp³-hybridized carbons (Fsp3) is 0.500. The first kappa shape index (κ1) is 15.0. The monoisotopic (exact) mass is 366 g/mol. The van der Waals surface area contributed by atoms with Crippen molar-refractivity contribution < 1.29 is 14.2 Å². The molecular formula is C12H16Br2O3. The van der Waals surface area contributed by atoms with Gasteiger partial charge in [0.2, 0.25) is 0 Å². The molecule has 1 aromatic carbocycles. The third kappa shape index (κ3) is 5.86. The Hall–Kier alpha value is -0.100. The normalized spacial score (nSPS) is 10.5. The van der Waals surface area contributed by atoms with Crippen LogP contribution in [0, 0.1) is 0 Å². The number of alkyl halides is 1. The zero-order chi connectivity index (χ0) is 12.5. The molecule has 0 fully saturated rings. The topological polar surface area (TPSA) is 27.7 Å². The van der Waals surface area contributed by atoms with Crippen LogP contribution in [0.2, 0.25) is 0 Å². The van der Waals surface area contributed by atoms with Crippen LogP contribution < -0.4 is 4.74 Å². The smallest absolute Gasteiger partial charge is 0.123 e. The highest BCUT2D eigenvalue weighted by Crippen LogP contribution is 2.25. The summed E-state index contributed by atoms with van der Waals surface area (Å²) in [7, 11) is 1.66. The molecule has 0 saturated carbocycles. The van der Waals surface area contributed by atoms with Crippen molar-refractivity contribution in [3.05, 3.63) is 28.2 Å². The van der Waals surface area contributed by atoms with Gasteiger partial charge in [0.15, 0.2) is 0 Å². The molecule has 0 N–H and O–H groups in total. The number of hydrogen-bond donors (Lipinski definition) is 0. The summed E-state index contributed by atoms with van der Waals surface area (Å²) >= 11 is 6.87. The van der Waals surface area contributed by atoms with Crippen LogP contribution in [-0.4, -0.2) is 33.5 Å². The highest BCUT2D eigenvalue weighted by molar-refractivity contribution is 9.10. The van der Waals surface area contributed by atoms with Crippen LogP contribution in [0.5, 0.6) is 5.75 Å². The maximum atomic E-state index is 5.65. The average molecular weight is 368 g/mol. The van der Waals surface area contributed by atoms with Crippen molar-refractivity contribution >= 4 is 31.9 Å². The lowest BCUT2D eigenvalue weighted by atomic mass is 10.2. The molecule has 0 aromatic heterocycles. The third-order valence-electron chi connectivity index (χ3n) is 2.08. The summed E-state index contributed by atoms with van der Waals surface area (Å²) in [4.78, 5) is 0. The van der Waals surface area contributed by atoms with Crippen molar-refractivity contribution in [3.8, 4) is 5.75 Å². The molecule has 0 atom stereocenters. The van der Waals surface area contributed by atoms with Crippen molar-refractivity contribution in [2.45, 2.75) is 5.33 Å². The van der Waals surface area contributed by atoms with E-state index in [2.05, 4.69) is 31.9 Å². The minimum Gasteiger partial charge on any atom is -0.491 e. The van der Waals surface area contributed by atoms with E-state index < -0.39 is 0 Å². The van der Waals surface area contributed by atoms with E-state index in [1.54, 1.807) is 7.11 Å². The van der Waals surface area contributed by atoms with Crippen LogP contribution in [0.1, 0.15) is 5.56 Å². The summed E-state index contributed by atoms with van der Waals surface area (Å²) < 4.78 is 16.9. The minimum absolute atomic E-state index is 0.547. The molecule has 0 spiro atoms. The summed E-state index contributed by atoms with van der Waals surface area (Å²) in [6, 6.07) is 5.96. The summed E-state index contributed by atoms with van der Waals surface area (Å²) in [6.45, 7) is 2.34.